The van der Waals surface area contributed by atoms with Crippen molar-refractivity contribution in [3.05, 3.63) is 27.7 Å². The van der Waals surface area contributed by atoms with Gasteiger partial charge in [0, 0.05) is 13.0 Å². The largest absolute Gasteiger partial charge is 0.534 e. The molecule has 1 heterocycles. The van der Waals surface area contributed by atoms with E-state index in [0.717, 1.165) is 4.90 Å². The SMILES string of the molecule is CC.CC(=O)CCC(C(N)=O)N1Cc2ccc(Br)c(OS(=O)(=O)C(F)(F)F)c2C1=O.CCC(C)(C)C. The minimum Gasteiger partial charge on any atom is -0.374 e. The molecule has 2 rings (SSSR count). The number of nitrogens with two attached hydrogens (primary N) is 1. The van der Waals surface area contributed by atoms with E-state index in [1.165, 1.54) is 25.5 Å². The highest BCUT2D eigenvalue weighted by Gasteiger charge is 2.50. The summed E-state index contributed by atoms with van der Waals surface area (Å²) in [6.07, 6.45) is 1.14. The van der Waals surface area contributed by atoms with E-state index >= 15 is 0 Å². The smallest absolute Gasteiger partial charge is 0.374 e. The Labute approximate surface area is 219 Å². The summed E-state index contributed by atoms with van der Waals surface area (Å²) in [5, 5.41) is 0. The molecule has 2 amide bonds. The van der Waals surface area contributed by atoms with Crippen molar-refractivity contribution in [2.75, 3.05) is 0 Å². The molecule has 0 spiro atoms. The summed E-state index contributed by atoms with van der Waals surface area (Å²) in [7, 11) is -6.03. The minimum absolute atomic E-state index is 0.0523. The highest BCUT2D eigenvalue weighted by molar-refractivity contribution is 9.10. The van der Waals surface area contributed by atoms with Crippen LogP contribution in [-0.2, 0) is 26.3 Å². The van der Waals surface area contributed by atoms with Crippen LogP contribution >= 0.6 is 15.9 Å². The molecule has 13 heteroatoms. The highest BCUT2D eigenvalue weighted by Crippen LogP contribution is 2.40. The van der Waals surface area contributed by atoms with E-state index in [9.17, 15) is 36.0 Å². The summed E-state index contributed by atoms with van der Waals surface area (Å²) < 4.78 is 64.7. The lowest BCUT2D eigenvalue weighted by Crippen LogP contribution is -2.45. The normalized spacial score (nSPS) is 14.1. The average molecular weight is 603 g/mol. The lowest BCUT2D eigenvalue weighted by Gasteiger charge is -2.24. The molecule has 2 N–H and O–H groups in total. The quantitative estimate of drug-likeness (QED) is 0.332. The molecule has 1 aromatic carbocycles. The van der Waals surface area contributed by atoms with Gasteiger partial charge in [-0.25, -0.2) is 0 Å². The first-order valence-corrected chi connectivity index (χ1v) is 13.4. The van der Waals surface area contributed by atoms with E-state index < -0.39 is 44.8 Å². The third-order valence-electron chi connectivity index (χ3n) is 5.02. The number of ketones is 1. The number of amides is 2. The Bertz CT molecular complexity index is 1050. The van der Waals surface area contributed by atoms with Crippen LogP contribution in [0.3, 0.4) is 0 Å². The summed E-state index contributed by atoms with van der Waals surface area (Å²) in [4.78, 5) is 36.6. The van der Waals surface area contributed by atoms with Crippen LogP contribution in [0.15, 0.2) is 16.6 Å². The Morgan fingerprint density at radius 3 is 2.08 bits per heavy atom. The number of primary amides is 1. The van der Waals surface area contributed by atoms with Crippen LogP contribution in [0.1, 0.15) is 83.7 Å². The number of hydrogen-bond acceptors (Lipinski definition) is 6. The first-order valence-electron chi connectivity index (χ1n) is 11.2. The predicted octanol–water partition coefficient (Wildman–Crippen LogP) is 5.33. The third kappa shape index (κ3) is 9.38. The predicted molar refractivity (Wildman–Crippen MR) is 134 cm³/mol. The topological polar surface area (TPSA) is 124 Å². The van der Waals surface area contributed by atoms with Gasteiger partial charge in [0.15, 0.2) is 5.75 Å². The van der Waals surface area contributed by atoms with Crippen molar-refractivity contribution in [2.45, 2.75) is 85.8 Å². The van der Waals surface area contributed by atoms with Crippen molar-refractivity contribution in [1.29, 1.82) is 0 Å². The van der Waals surface area contributed by atoms with Gasteiger partial charge in [0.05, 0.1) is 10.0 Å². The van der Waals surface area contributed by atoms with Crippen LogP contribution in [0, 0.1) is 5.41 Å². The maximum Gasteiger partial charge on any atom is 0.534 e. The van der Waals surface area contributed by atoms with Gasteiger partial charge in [-0.3, -0.25) is 9.59 Å². The number of nitrogens with zero attached hydrogens (tertiary/aromatic N) is 1. The third-order valence-corrected chi connectivity index (χ3v) is 6.60. The Hall–Kier alpha value is -2.15. The number of halogens is 4. The second kappa shape index (κ2) is 13.4. The molecule has 1 atom stereocenters. The van der Waals surface area contributed by atoms with E-state index in [-0.39, 0.29) is 35.2 Å². The van der Waals surface area contributed by atoms with Crippen molar-refractivity contribution < 1.29 is 40.2 Å². The highest BCUT2D eigenvalue weighted by atomic mass is 79.9. The zero-order valence-corrected chi connectivity index (χ0v) is 23.9. The van der Waals surface area contributed by atoms with Crippen LogP contribution in [-0.4, -0.2) is 42.5 Å². The van der Waals surface area contributed by atoms with E-state index in [2.05, 4.69) is 47.8 Å². The van der Waals surface area contributed by atoms with Crippen molar-refractivity contribution in [1.82, 2.24) is 4.90 Å². The second-order valence-electron chi connectivity index (χ2n) is 8.90. The Kier molecular flexibility index (Phi) is 12.6. The summed E-state index contributed by atoms with van der Waals surface area (Å²) >= 11 is 2.87. The number of fused-ring (bicyclic) bond motifs is 1. The van der Waals surface area contributed by atoms with Crippen molar-refractivity contribution in [2.24, 2.45) is 11.1 Å². The molecule has 0 aliphatic carbocycles. The van der Waals surface area contributed by atoms with E-state index in [0.29, 0.717) is 5.41 Å². The molecule has 0 bridgehead atoms. The molecule has 0 fully saturated rings. The van der Waals surface area contributed by atoms with Gasteiger partial charge < -0.3 is 19.6 Å². The first-order chi connectivity index (χ1) is 16.3. The van der Waals surface area contributed by atoms with Crippen molar-refractivity contribution >= 4 is 43.6 Å². The van der Waals surface area contributed by atoms with E-state index in [4.69, 9.17) is 5.73 Å². The van der Waals surface area contributed by atoms with Gasteiger partial charge in [0.25, 0.3) is 5.91 Å². The molecule has 1 aliphatic rings. The second-order valence-corrected chi connectivity index (χ2v) is 11.3. The number of alkyl halides is 3. The molecule has 0 radical (unpaired) electrons. The molecule has 0 saturated heterocycles. The summed E-state index contributed by atoms with van der Waals surface area (Å²) in [5.41, 5.74) is -0.148. The van der Waals surface area contributed by atoms with Crippen LogP contribution in [0.5, 0.6) is 5.75 Å². The molecule has 0 aromatic heterocycles. The number of carbonyl (C=O) groups is 3. The first kappa shape index (κ1) is 33.8. The molecular formula is C23H34BrF3N2O6S. The molecule has 0 saturated carbocycles. The lowest BCUT2D eigenvalue weighted by molar-refractivity contribution is -0.123. The van der Waals surface area contributed by atoms with Gasteiger partial charge in [-0.1, -0.05) is 54.0 Å². The van der Waals surface area contributed by atoms with Crippen molar-refractivity contribution in [3.8, 4) is 5.75 Å². The van der Waals surface area contributed by atoms with Crippen LogP contribution in [0.25, 0.3) is 0 Å². The van der Waals surface area contributed by atoms with Gasteiger partial charge in [0.1, 0.15) is 11.8 Å². The molecule has 1 aromatic rings. The van der Waals surface area contributed by atoms with Gasteiger partial charge in [-0.05, 0) is 46.3 Å². The minimum atomic E-state index is -6.03. The molecule has 1 unspecified atom stereocenters. The van der Waals surface area contributed by atoms with Gasteiger partial charge in [-0.2, -0.15) is 21.6 Å². The molecule has 8 nitrogen and oxygen atoms in total. The Morgan fingerprint density at radius 1 is 1.19 bits per heavy atom. The standard InChI is InChI=1S/C15H14BrF3N2O6S.C6H14.C2H6/c1-7(22)2-5-10(13(20)23)21-6-8-3-4-9(16)12(11(8)14(21)24)27-28(25,26)15(17,18)19;1-5-6(2,3)4;1-2/h3-4,10H,2,5-6H2,1H3,(H2,20,23);5H2,1-4H3;1-2H3. The van der Waals surface area contributed by atoms with Gasteiger partial charge in [-0.15, -0.1) is 0 Å². The Balaban J connectivity index is 0.00000134. The van der Waals surface area contributed by atoms with Crippen LogP contribution in [0.4, 0.5) is 13.2 Å². The Morgan fingerprint density at radius 2 is 1.69 bits per heavy atom. The summed E-state index contributed by atoms with van der Waals surface area (Å²) in [5.74, 6) is -2.93. The molecule has 206 valence electrons. The zero-order valence-electron chi connectivity index (χ0n) is 21.5. The van der Waals surface area contributed by atoms with Crippen LogP contribution in [0.2, 0.25) is 0 Å². The van der Waals surface area contributed by atoms with Gasteiger partial charge >= 0.3 is 15.6 Å². The number of benzene rings is 1. The number of Topliss-reactive ketones (excluding diaryl/α,β-unsaturated/α-hetero) is 1. The van der Waals surface area contributed by atoms with E-state index in [1.807, 2.05) is 13.8 Å². The lowest BCUT2D eigenvalue weighted by atomic mass is 9.94. The monoisotopic (exact) mass is 602 g/mol. The molecule has 36 heavy (non-hydrogen) atoms. The van der Waals surface area contributed by atoms with Crippen LogP contribution < -0.4 is 9.92 Å². The van der Waals surface area contributed by atoms with Crippen molar-refractivity contribution in [3.63, 3.8) is 0 Å². The summed E-state index contributed by atoms with van der Waals surface area (Å²) in [6.45, 7) is 14.0. The summed E-state index contributed by atoms with van der Waals surface area (Å²) in [6, 6.07) is 1.38. The fourth-order valence-electron chi connectivity index (χ4n) is 2.65. The molecular weight excluding hydrogens is 569 g/mol. The fraction of sp³-hybridized carbons (Fsp3) is 0.609. The average Bonchev–Trinajstić information content (AvgIpc) is 3.07. The number of hydrogen-bond donors (Lipinski definition) is 1. The fourth-order valence-corrected chi connectivity index (χ4v) is 3.65. The number of rotatable bonds is 7. The zero-order chi connectivity index (χ0) is 28.6. The maximum absolute atomic E-state index is 12.8. The maximum atomic E-state index is 12.8. The molecule has 1 aliphatic heterocycles. The number of carbonyl (C=O) groups excluding carboxylic acids is 3. The van der Waals surface area contributed by atoms with Gasteiger partial charge in [0.2, 0.25) is 5.91 Å². The van der Waals surface area contributed by atoms with E-state index in [1.54, 1.807) is 0 Å².